The number of hydrogen-bond acceptors (Lipinski definition) is 4. The Morgan fingerprint density at radius 1 is 1.04 bits per heavy atom. The minimum atomic E-state index is -3.10. The van der Waals surface area contributed by atoms with E-state index < -0.39 is 9.84 Å². The molecule has 1 fully saturated rings. The van der Waals surface area contributed by atoms with E-state index in [-0.39, 0.29) is 16.6 Å². The van der Waals surface area contributed by atoms with Crippen molar-refractivity contribution in [2.45, 2.75) is 43.3 Å². The third-order valence-electron chi connectivity index (χ3n) is 5.70. The molecular weight excluding hydrogens is 370 g/mol. The summed E-state index contributed by atoms with van der Waals surface area (Å²) in [4.78, 5) is 0. The van der Waals surface area contributed by atoms with Crippen LogP contribution in [-0.2, 0) is 15.6 Å². The zero-order valence-corrected chi connectivity index (χ0v) is 17.3. The van der Waals surface area contributed by atoms with Gasteiger partial charge in [0.15, 0.2) is 9.84 Å². The maximum atomic E-state index is 12.2. The monoisotopic (exact) mass is 397 g/mol. The van der Waals surface area contributed by atoms with Crippen LogP contribution in [-0.4, -0.2) is 32.4 Å². The van der Waals surface area contributed by atoms with E-state index in [2.05, 4.69) is 17.5 Å². The first-order valence-corrected chi connectivity index (χ1v) is 11.6. The maximum Gasteiger partial charge on any atom is 0.156 e. The van der Waals surface area contributed by atoms with Gasteiger partial charge in [-0.25, -0.2) is 8.42 Å². The quantitative estimate of drug-likeness (QED) is 0.849. The highest BCUT2D eigenvalue weighted by Crippen LogP contribution is 2.42. The second-order valence-corrected chi connectivity index (χ2v) is 10.6. The Labute approximate surface area is 167 Å². The molecule has 2 heterocycles. The fourth-order valence-electron chi connectivity index (χ4n) is 3.88. The van der Waals surface area contributed by atoms with E-state index in [9.17, 15) is 8.42 Å². The van der Waals surface area contributed by atoms with Crippen LogP contribution in [0, 0.1) is 0 Å². The van der Waals surface area contributed by atoms with Crippen LogP contribution < -0.4 is 10.1 Å². The summed E-state index contributed by atoms with van der Waals surface area (Å²) >= 11 is 0. The largest absolute Gasteiger partial charge is 0.482 e. The molecule has 0 radical (unpaired) electrons. The highest BCUT2D eigenvalue weighted by molar-refractivity contribution is 7.91. The molecule has 0 aliphatic carbocycles. The number of para-hydroxylation sites is 1. The van der Waals surface area contributed by atoms with Crippen LogP contribution in [0.4, 0.5) is 0 Å². The molecule has 1 spiro atoms. The molecule has 148 valence electrons. The molecule has 1 N–H and O–H groups in total. The van der Waals surface area contributed by atoms with Crippen LogP contribution in [0.15, 0.2) is 54.6 Å². The minimum Gasteiger partial charge on any atom is -0.482 e. The van der Waals surface area contributed by atoms with E-state index in [4.69, 9.17) is 4.74 Å². The van der Waals surface area contributed by atoms with Gasteiger partial charge in [0.05, 0.1) is 11.0 Å². The normalized spacial score (nSPS) is 18.5. The average molecular weight is 398 g/mol. The second-order valence-electron chi connectivity index (χ2n) is 8.02. The molecule has 4 rings (SSSR count). The van der Waals surface area contributed by atoms with Gasteiger partial charge in [0, 0.05) is 18.4 Å². The Hall–Kier alpha value is -2.11. The molecule has 4 nitrogen and oxygen atoms in total. The van der Waals surface area contributed by atoms with Gasteiger partial charge in [-0.1, -0.05) is 42.5 Å². The Bertz CT molecular complexity index is 985. The fraction of sp³-hybridized carbons (Fsp3) is 0.391. The van der Waals surface area contributed by atoms with Gasteiger partial charge < -0.3 is 10.1 Å². The zero-order valence-electron chi connectivity index (χ0n) is 16.4. The minimum absolute atomic E-state index is 0.0826. The number of nitrogens with one attached hydrogen (secondary N) is 1. The Balaban J connectivity index is 1.70. The number of benzene rings is 2. The molecule has 0 atom stereocenters. The molecule has 0 amide bonds. The van der Waals surface area contributed by atoms with Gasteiger partial charge in [0.25, 0.3) is 0 Å². The Morgan fingerprint density at radius 3 is 2.39 bits per heavy atom. The molecule has 0 aromatic heterocycles. The summed E-state index contributed by atoms with van der Waals surface area (Å²) in [6.07, 6.45) is 4.15. The molecule has 2 aliphatic heterocycles. The summed E-state index contributed by atoms with van der Waals surface area (Å²) in [5, 5.41) is 3.04. The molecule has 2 aromatic carbocycles. The van der Waals surface area contributed by atoms with E-state index in [1.54, 1.807) is 13.8 Å². The Kier molecular flexibility index (Phi) is 5.06. The molecule has 0 bridgehead atoms. The van der Waals surface area contributed by atoms with Gasteiger partial charge in [0.1, 0.15) is 11.4 Å². The first kappa shape index (κ1) is 19.2. The molecule has 0 saturated carbocycles. The van der Waals surface area contributed by atoms with Crippen LogP contribution in [0.1, 0.15) is 43.4 Å². The van der Waals surface area contributed by atoms with Crippen molar-refractivity contribution in [1.82, 2.24) is 5.32 Å². The molecule has 1 saturated heterocycles. The smallest absolute Gasteiger partial charge is 0.156 e. The number of fused-ring (bicyclic) bond motifs is 1. The van der Waals surface area contributed by atoms with Gasteiger partial charge in [0.2, 0.25) is 0 Å². The number of hydrogen-bond donors (Lipinski definition) is 1. The fourth-order valence-corrected chi connectivity index (χ4v) is 4.87. The predicted octanol–water partition coefficient (Wildman–Crippen LogP) is 3.96. The van der Waals surface area contributed by atoms with Gasteiger partial charge in [-0.05, 0) is 55.8 Å². The van der Waals surface area contributed by atoms with Gasteiger partial charge in [-0.2, -0.15) is 0 Å². The van der Waals surface area contributed by atoms with Crippen LogP contribution >= 0.6 is 0 Å². The van der Waals surface area contributed by atoms with Crippen molar-refractivity contribution >= 4 is 15.4 Å². The summed E-state index contributed by atoms with van der Waals surface area (Å²) in [6.45, 7) is 5.34. The highest BCUT2D eigenvalue weighted by Gasteiger charge is 2.36. The number of piperidine rings is 1. The van der Waals surface area contributed by atoms with E-state index in [0.717, 1.165) is 48.4 Å². The number of sulfone groups is 1. The second kappa shape index (κ2) is 7.37. The van der Waals surface area contributed by atoms with Crippen LogP contribution in [0.5, 0.6) is 5.75 Å². The third-order valence-corrected chi connectivity index (χ3v) is 7.87. The first-order chi connectivity index (χ1) is 13.4. The summed E-state index contributed by atoms with van der Waals surface area (Å²) in [7, 11) is -3.10. The van der Waals surface area contributed by atoms with Gasteiger partial charge in [-0.3, -0.25) is 0 Å². The summed E-state index contributed by atoms with van der Waals surface area (Å²) in [5.74, 6) is 1.01. The van der Waals surface area contributed by atoms with E-state index in [0.29, 0.717) is 0 Å². The molecule has 5 heteroatoms. The number of rotatable bonds is 4. The van der Waals surface area contributed by atoms with Crippen LogP contribution in [0.3, 0.4) is 0 Å². The standard InChI is InChI=1S/C23H27NO3S/c1-17(2)28(25,26)16-18-7-9-19(10-8-18)21-15-23(11-13-24-14-12-23)27-22-6-4-3-5-20(21)22/h3-10,15,17,24H,11-14,16H2,1-2H3. The Morgan fingerprint density at radius 2 is 1.71 bits per heavy atom. The van der Waals surface area contributed by atoms with Crippen molar-refractivity contribution in [2.75, 3.05) is 13.1 Å². The lowest BCUT2D eigenvalue weighted by Gasteiger charge is -2.40. The SMILES string of the molecule is CC(C)S(=O)(=O)Cc1ccc(C2=CC3(CCNCC3)Oc3ccccc32)cc1. The molecule has 0 unspecified atom stereocenters. The van der Waals surface area contributed by atoms with Crippen LogP contribution in [0.2, 0.25) is 0 Å². The summed E-state index contributed by atoms with van der Waals surface area (Å²) in [6, 6.07) is 16.1. The van der Waals surface area contributed by atoms with Crippen LogP contribution in [0.25, 0.3) is 5.57 Å². The molecule has 28 heavy (non-hydrogen) atoms. The third kappa shape index (κ3) is 3.74. The van der Waals surface area contributed by atoms with E-state index in [1.807, 2.05) is 42.5 Å². The summed E-state index contributed by atoms with van der Waals surface area (Å²) < 4.78 is 30.9. The lowest BCUT2D eigenvalue weighted by atomic mass is 9.83. The zero-order chi connectivity index (χ0) is 19.8. The first-order valence-electron chi connectivity index (χ1n) is 9.91. The van der Waals surface area contributed by atoms with E-state index in [1.165, 1.54) is 5.57 Å². The molecule has 2 aliphatic rings. The number of ether oxygens (including phenoxy) is 1. The van der Waals surface area contributed by atoms with Gasteiger partial charge in [-0.15, -0.1) is 0 Å². The van der Waals surface area contributed by atoms with Crippen molar-refractivity contribution in [2.24, 2.45) is 0 Å². The van der Waals surface area contributed by atoms with E-state index >= 15 is 0 Å². The average Bonchev–Trinajstić information content (AvgIpc) is 2.68. The van der Waals surface area contributed by atoms with Crippen molar-refractivity contribution in [3.8, 4) is 5.75 Å². The topological polar surface area (TPSA) is 55.4 Å². The van der Waals surface area contributed by atoms with Crippen molar-refractivity contribution in [3.05, 3.63) is 71.3 Å². The highest BCUT2D eigenvalue weighted by atomic mass is 32.2. The molecular formula is C23H27NO3S. The molecule has 2 aromatic rings. The maximum absolute atomic E-state index is 12.2. The lowest BCUT2D eigenvalue weighted by Crippen LogP contribution is -2.46. The lowest BCUT2D eigenvalue weighted by molar-refractivity contribution is 0.0817. The van der Waals surface area contributed by atoms with Crippen molar-refractivity contribution < 1.29 is 13.2 Å². The van der Waals surface area contributed by atoms with Crippen molar-refractivity contribution in [1.29, 1.82) is 0 Å². The van der Waals surface area contributed by atoms with Gasteiger partial charge >= 0.3 is 0 Å². The van der Waals surface area contributed by atoms with Crippen molar-refractivity contribution in [3.63, 3.8) is 0 Å². The summed E-state index contributed by atoms with van der Waals surface area (Å²) in [5.41, 5.74) is 3.92. The predicted molar refractivity (Wildman–Crippen MR) is 113 cm³/mol.